The fourth-order valence-electron chi connectivity index (χ4n) is 3.43. The van der Waals surface area contributed by atoms with E-state index in [1.165, 1.54) is 24.3 Å². The predicted molar refractivity (Wildman–Crippen MR) is 102 cm³/mol. The van der Waals surface area contributed by atoms with Gasteiger partial charge in [-0.25, -0.2) is 0 Å². The lowest BCUT2D eigenvalue weighted by Crippen LogP contribution is -2.29. The summed E-state index contributed by atoms with van der Waals surface area (Å²) in [6, 6.07) is 12.3. The van der Waals surface area contributed by atoms with Crippen LogP contribution in [0.3, 0.4) is 0 Å². The number of rotatable bonds is 5. The second-order valence-corrected chi connectivity index (χ2v) is 7.15. The number of hydrogen-bond donors (Lipinski definition) is 1. The minimum Gasteiger partial charge on any atom is -0.486 e. The van der Waals surface area contributed by atoms with Crippen molar-refractivity contribution in [3.63, 3.8) is 0 Å². The van der Waals surface area contributed by atoms with Crippen LogP contribution in [-0.4, -0.2) is 25.3 Å². The standard InChI is InChI=1S/C22H20F3NO3/c23-22(24,25)17(14-4-2-1-3-5-14)13-20(27)26-21(15-6-7-15)16-8-9-18-19(12-16)29-11-10-28-18/h1-5,8-9,12-13,15,21H,6-7,10-11H2,(H,26,27)/b17-13-. The van der Waals surface area contributed by atoms with Crippen LogP contribution in [0.5, 0.6) is 11.5 Å². The Balaban J connectivity index is 1.58. The summed E-state index contributed by atoms with van der Waals surface area (Å²) in [6.45, 7) is 0.908. The van der Waals surface area contributed by atoms with Gasteiger partial charge in [0.05, 0.1) is 11.6 Å². The summed E-state index contributed by atoms with van der Waals surface area (Å²) < 4.78 is 51.6. The van der Waals surface area contributed by atoms with Crippen molar-refractivity contribution in [2.45, 2.75) is 25.1 Å². The van der Waals surface area contributed by atoms with E-state index in [9.17, 15) is 18.0 Å². The molecular weight excluding hydrogens is 383 g/mol. The molecule has 2 aromatic rings. The number of carbonyl (C=O) groups excluding carboxylic acids is 1. The molecule has 152 valence electrons. The van der Waals surface area contributed by atoms with Crippen molar-refractivity contribution in [3.8, 4) is 11.5 Å². The quantitative estimate of drug-likeness (QED) is 0.738. The summed E-state index contributed by atoms with van der Waals surface area (Å²) in [5.41, 5.74) is -0.212. The molecule has 1 heterocycles. The summed E-state index contributed by atoms with van der Waals surface area (Å²) in [5.74, 6) is 0.641. The second-order valence-electron chi connectivity index (χ2n) is 7.15. The van der Waals surface area contributed by atoms with Gasteiger partial charge in [-0.2, -0.15) is 13.2 Å². The molecule has 1 unspecified atom stereocenters. The topological polar surface area (TPSA) is 47.6 Å². The van der Waals surface area contributed by atoms with E-state index in [0.717, 1.165) is 18.4 Å². The average Bonchev–Trinajstić information content (AvgIpc) is 3.55. The number of allylic oxidation sites excluding steroid dienone is 1. The maximum atomic E-state index is 13.5. The highest BCUT2D eigenvalue weighted by Crippen LogP contribution is 2.43. The SMILES string of the molecule is O=C(/C=C(/c1ccccc1)C(F)(F)F)NC(c1ccc2c(c1)OCCO2)C1CC1. The van der Waals surface area contributed by atoms with Gasteiger partial charge in [-0.1, -0.05) is 36.4 Å². The van der Waals surface area contributed by atoms with E-state index in [0.29, 0.717) is 30.8 Å². The summed E-state index contributed by atoms with van der Waals surface area (Å²) in [4.78, 5) is 12.5. The highest BCUT2D eigenvalue weighted by Gasteiger charge is 2.37. The van der Waals surface area contributed by atoms with Gasteiger partial charge in [0.1, 0.15) is 13.2 Å². The average molecular weight is 403 g/mol. The number of ether oxygens (including phenoxy) is 2. The molecule has 1 aliphatic carbocycles. The van der Waals surface area contributed by atoms with Crippen molar-refractivity contribution in [3.05, 3.63) is 65.7 Å². The van der Waals surface area contributed by atoms with E-state index in [1.54, 1.807) is 18.2 Å². The van der Waals surface area contributed by atoms with Gasteiger partial charge in [0.25, 0.3) is 0 Å². The number of amides is 1. The molecule has 7 heteroatoms. The molecule has 1 amide bonds. The lowest BCUT2D eigenvalue weighted by atomic mass is 10.0. The smallest absolute Gasteiger partial charge is 0.417 e. The third-order valence-corrected chi connectivity index (χ3v) is 4.98. The van der Waals surface area contributed by atoms with Crippen molar-refractivity contribution in [1.29, 1.82) is 0 Å². The van der Waals surface area contributed by atoms with Gasteiger partial charge in [0.2, 0.25) is 5.91 Å². The molecule has 1 fully saturated rings. The summed E-state index contributed by atoms with van der Waals surface area (Å²) in [5, 5.41) is 2.76. The van der Waals surface area contributed by atoms with Crippen LogP contribution in [0, 0.1) is 5.92 Å². The van der Waals surface area contributed by atoms with Crippen LogP contribution in [-0.2, 0) is 4.79 Å². The molecule has 0 spiro atoms. The van der Waals surface area contributed by atoms with Gasteiger partial charge in [0.15, 0.2) is 11.5 Å². The predicted octanol–water partition coefficient (Wildman–Crippen LogP) is 4.67. The Morgan fingerprint density at radius 3 is 2.38 bits per heavy atom. The first-order chi connectivity index (χ1) is 13.9. The van der Waals surface area contributed by atoms with Crippen molar-refractivity contribution < 1.29 is 27.4 Å². The molecule has 0 aromatic heterocycles. The Hall–Kier alpha value is -2.96. The zero-order valence-corrected chi connectivity index (χ0v) is 15.5. The molecule has 4 nitrogen and oxygen atoms in total. The van der Waals surface area contributed by atoms with E-state index in [2.05, 4.69) is 5.32 Å². The van der Waals surface area contributed by atoms with Crippen LogP contribution in [0.1, 0.15) is 30.0 Å². The Kier molecular flexibility index (Phi) is 5.22. The molecule has 0 saturated heterocycles. The molecule has 2 aromatic carbocycles. The second kappa shape index (κ2) is 7.81. The lowest BCUT2D eigenvalue weighted by molar-refractivity contribution is -0.117. The molecule has 2 aliphatic rings. The number of hydrogen-bond acceptors (Lipinski definition) is 3. The van der Waals surface area contributed by atoms with Crippen molar-refractivity contribution in [2.24, 2.45) is 5.92 Å². The molecule has 1 aliphatic heterocycles. The van der Waals surface area contributed by atoms with Crippen LogP contribution < -0.4 is 14.8 Å². The number of carbonyl (C=O) groups is 1. The normalized spacial score (nSPS) is 17.6. The lowest BCUT2D eigenvalue weighted by Gasteiger charge is -2.23. The van der Waals surface area contributed by atoms with E-state index < -0.39 is 17.7 Å². The number of benzene rings is 2. The zero-order valence-electron chi connectivity index (χ0n) is 15.5. The van der Waals surface area contributed by atoms with E-state index in [-0.39, 0.29) is 17.5 Å². The third kappa shape index (κ3) is 4.55. The first-order valence-electron chi connectivity index (χ1n) is 9.46. The Morgan fingerprint density at radius 1 is 1.03 bits per heavy atom. The molecule has 1 atom stereocenters. The fraction of sp³-hybridized carbons (Fsp3) is 0.318. The van der Waals surface area contributed by atoms with Crippen molar-refractivity contribution >= 4 is 11.5 Å². The number of nitrogens with one attached hydrogen (secondary N) is 1. The van der Waals surface area contributed by atoms with Crippen molar-refractivity contribution in [1.82, 2.24) is 5.32 Å². The highest BCUT2D eigenvalue weighted by molar-refractivity contribution is 5.96. The van der Waals surface area contributed by atoms with Crippen LogP contribution in [0.25, 0.3) is 5.57 Å². The zero-order chi connectivity index (χ0) is 20.4. The first kappa shape index (κ1) is 19.4. The van der Waals surface area contributed by atoms with Crippen LogP contribution >= 0.6 is 0 Å². The molecule has 1 saturated carbocycles. The first-order valence-corrected chi connectivity index (χ1v) is 9.46. The number of halogens is 3. The summed E-state index contributed by atoms with van der Waals surface area (Å²) in [6.07, 6.45) is -2.17. The van der Waals surface area contributed by atoms with E-state index in [4.69, 9.17) is 9.47 Å². The molecular formula is C22H20F3NO3. The van der Waals surface area contributed by atoms with Crippen LogP contribution in [0.4, 0.5) is 13.2 Å². The number of alkyl halides is 3. The van der Waals surface area contributed by atoms with E-state index >= 15 is 0 Å². The Morgan fingerprint density at radius 2 is 1.72 bits per heavy atom. The van der Waals surface area contributed by atoms with Crippen LogP contribution in [0.2, 0.25) is 0 Å². The summed E-state index contributed by atoms with van der Waals surface area (Å²) in [7, 11) is 0. The fourth-order valence-corrected chi connectivity index (χ4v) is 3.43. The molecule has 0 bridgehead atoms. The Labute approximate surface area is 166 Å². The maximum Gasteiger partial charge on any atom is 0.417 e. The summed E-state index contributed by atoms with van der Waals surface area (Å²) >= 11 is 0. The third-order valence-electron chi connectivity index (χ3n) is 4.98. The van der Waals surface area contributed by atoms with Gasteiger partial charge in [0, 0.05) is 6.08 Å². The number of fused-ring (bicyclic) bond motifs is 1. The van der Waals surface area contributed by atoms with Gasteiger partial charge < -0.3 is 14.8 Å². The van der Waals surface area contributed by atoms with Crippen molar-refractivity contribution in [2.75, 3.05) is 13.2 Å². The monoisotopic (exact) mass is 403 g/mol. The molecule has 1 N–H and O–H groups in total. The molecule has 29 heavy (non-hydrogen) atoms. The van der Waals surface area contributed by atoms with Gasteiger partial charge >= 0.3 is 6.18 Å². The van der Waals surface area contributed by atoms with Gasteiger partial charge in [-0.05, 0) is 42.0 Å². The minimum atomic E-state index is -4.63. The minimum absolute atomic E-state index is 0.0440. The van der Waals surface area contributed by atoms with E-state index in [1.807, 2.05) is 6.07 Å². The van der Waals surface area contributed by atoms with Gasteiger partial charge in [-0.15, -0.1) is 0 Å². The molecule has 4 rings (SSSR count). The molecule has 0 radical (unpaired) electrons. The Bertz CT molecular complexity index is 921. The van der Waals surface area contributed by atoms with Gasteiger partial charge in [-0.3, -0.25) is 4.79 Å². The largest absolute Gasteiger partial charge is 0.486 e. The van der Waals surface area contributed by atoms with Crippen LogP contribution in [0.15, 0.2) is 54.6 Å². The maximum absolute atomic E-state index is 13.5. The highest BCUT2D eigenvalue weighted by atomic mass is 19.4.